The lowest BCUT2D eigenvalue weighted by Crippen LogP contribution is -3.14. The number of aromatic nitrogens is 2. The molecule has 0 atom stereocenters. The molecule has 1 aromatic rings. The van der Waals surface area contributed by atoms with Crippen molar-refractivity contribution in [2.45, 2.75) is 20.8 Å². The van der Waals surface area contributed by atoms with Crippen molar-refractivity contribution in [3.63, 3.8) is 0 Å². The van der Waals surface area contributed by atoms with E-state index in [-0.39, 0.29) is 5.91 Å². The Balaban J connectivity index is 2.14. The first kappa shape index (κ1) is 15.0. The Morgan fingerprint density at radius 2 is 2.11 bits per heavy atom. The number of likely N-dealkylation sites (N-methyl/N-ethyl adjacent to an activating group) is 1. The molecule has 102 valence electrons. The Labute approximate surface area is 112 Å². The molecule has 0 aromatic carbocycles. The monoisotopic (exact) mass is 273 g/mol. The molecule has 1 amide bonds. The van der Waals surface area contributed by atoms with Gasteiger partial charge in [0.25, 0.3) is 5.91 Å². The van der Waals surface area contributed by atoms with Gasteiger partial charge in [0.15, 0.2) is 6.54 Å². The van der Waals surface area contributed by atoms with Gasteiger partial charge in [-0.3, -0.25) is 10.1 Å². The molecule has 0 fully saturated rings. The number of carbonyl (C=O) groups excluding carboxylic acids is 1. The third-order valence-corrected chi connectivity index (χ3v) is 3.56. The van der Waals surface area contributed by atoms with Crippen LogP contribution in [0, 0.1) is 6.92 Å². The van der Waals surface area contributed by atoms with Crippen LogP contribution in [0.5, 0.6) is 0 Å². The number of anilines is 1. The van der Waals surface area contributed by atoms with E-state index in [2.05, 4.69) is 29.4 Å². The van der Waals surface area contributed by atoms with Gasteiger partial charge in [-0.25, -0.2) is 0 Å². The number of amides is 1. The largest absolute Gasteiger partial charge is 0.334 e. The quantitative estimate of drug-likeness (QED) is 0.493. The highest BCUT2D eigenvalue weighted by atomic mass is 32.1. The van der Waals surface area contributed by atoms with Crippen molar-refractivity contribution in [1.29, 1.82) is 0 Å². The van der Waals surface area contributed by atoms with Crippen LogP contribution >= 0.6 is 11.3 Å². The summed E-state index contributed by atoms with van der Waals surface area (Å²) >= 11 is 1.40. The minimum absolute atomic E-state index is 0.0132. The molecule has 0 bridgehead atoms. The fourth-order valence-electron chi connectivity index (χ4n) is 1.66. The number of nitrogens with two attached hydrogens (primary N) is 1. The molecular weight excluding hydrogens is 250 g/mol. The van der Waals surface area contributed by atoms with Crippen LogP contribution in [0.15, 0.2) is 0 Å². The predicted octanol–water partition coefficient (Wildman–Crippen LogP) is -1.73. The van der Waals surface area contributed by atoms with Crippen molar-refractivity contribution in [3.8, 4) is 0 Å². The van der Waals surface area contributed by atoms with E-state index in [1.165, 1.54) is 11.3 Å². The van der Waals surface area contributed by atoms with Gasteiger partial charge in [-0.2, -0.15) is 0 Å². The van der Waals surface area contributed by atoms with E-state index in [0.29, 0.717) is 11.7 Å². The molecule has 1 aromatic heterocycles. The lowest BCUT2D eigenvalue weighted by molar-refractivity contribution is -0.908. The Hall–Kier alpha value is -1.05. The maximum atomic E-state index is 11.6. The summed E-state index contributed by atoms with van der Waals surface area (Å²) in [4.78, 5) is 13.2. The fourth-order valence-corrected chi connectivity index (χ4v) is 2.27. The number of carbonyl (C=O) groups is 1. The van der Waals surface area contributed by atoms with Crippen molar-refractivity contribution in [2.24, 2.45) is 0 Å². The molecule has 0 spiro atoms. The zero-order chi connectivity index (χ0) is 13.4. The van der Waals surface area contributed by atoms with E-state index in [0.717, 1.165) is 31.2 Å². The first-order chi connectivity index (χ1) is 8.65. The molecule has 6 nitrogen and oxygen atoms in total. The summed E-state index contributed by atoms with van der Waals surface area (Å²) in [6.45, 7) is 11.0. The summed E-state index contributed by atoms with van der Waals surface area (Å²) in [6, 6.07) is 0. The summed E-state index contributed by atoms with van der Waals surface area (Å²) in [5.41, 5.74) is 0. The van der Waals surface area contributed by atoms with Gasteiger partial charge in [0, 0.05) is 0 Å². The minimum atomic E-state index is -0.0132. The van der Waals surface area contributed by atoms with Gasteiger partial charge in [0.05, 0.1) is 13.1 Å². The molecule has 1 rings (SSSR count). The number of nitrogens with one attached hydrogen (secondary N) is 2. The van der Waals surface area contributed by atoms with E-state index in [1.54, 1.807) is 4.90 Å². The number of aryl methyl sites for hydroxylation is 1. The molecule has 0 radical (unpaired) electrons. The first-order valence-electron chi connectivity index (χ1n) is 6.40. The first-order valence-corrected chi connectivity index (χ1v) is 7.22. The highest BCUT2D eigenvalue weighted by Gasteiger charge is 2.09. The summed E-state index contributed by atoms with van der Waals surface area (Å²) in [7, 11) is 0. The lowest BCUT2D eigenvalue weighted by atomic mass is 10.4. The third-order valence-electron chi connectivity index (χ3n) is 2.80. The van der Waals surface area contributed by atoms with Crippen LogP contribution in [0.2, 0.25) is 0 Å². The average molecular weight is 273 g/mol. The van der Waals surface area contributed by atoms with E-state index in [4.69, 9.17) is 0 Å². The second-order valence-corrected chi connectivity index (χ2v) is 5.34. The summed E-state index contributed by atoms with van der Waals surface area (Å²) < 4.78 is 0. The van der Waals surface area contributed by atoms with Crippen LogP contribution in [0.25, 0.3) is 0 Å². The molecule has 0 aliphatic rings. The highest BCUT2D eigenvalue weighted by molar-refractivity contribution is 7.15. The van der Waals surface area contributed by atoms with Crippen molar-refractivity contribution in [3.05, 3.63) is 5.01 Å². The number of hydrogen-bond donors (Lipinski definition) is 3. The van der Waals surface area contributed by atoms with E-state index in [9.17, 15) is 4.79 Å². The van der Waals surface area contributed by atoms with Gasteiger partial charge in [-0.15, -0.1) is 10.2 Å². The zero-order valence-corrected chi connectivity index (χ0v) is 12.1. The number of nitrogens with zero attached hydrogens (tertiary/aromatic N) is 2. The fraction of sp³-hybridized carbons (Fsp3) is 0.727. The molecule has 1 heterocycles. The Morgan fingerprint density at radius 3 is 2.67 bits per heavy atom. The third kappa shape index (κ3) is 5.52. The van der Waals surface area contributed by atoms with Crippen LogP contribution in [0.1, 0.15) is 18.9 Å². The topological polar surface area (TPSA) is 75.9 Å². The van der Waals surface area contributed by atoms with E-state index in [1.807, 2.05) is 12.2 Å². The minimum Gasteiger partial charge on any atom is -0.334 e. The van der Waals surface area contributed by atoms with Crippen molar-refractivity contribution in [2.75, 3.05) is 38.0 Å². The van der Waals surface area contributed by atoms with Crippen LogP contribution < -0.4 is 15.5 Å². The summed E-state index contributed by atoms with van der Waals surface area (Å²) in [6.07, 6.45) is 0. The molecule has 0 saturated carbocycles. The van der Waals surface area contributed by atoms with Crippen LogP contribution in [0.4, 0.5) is 5.13 Å². The smallest absolute Gasteiger partial charge is 0.281 e. The maximum Gasteiger partial charge on any atom is 0.281 e. The molecule has 0 saturated heterocycles. The maximum absolute atomic E-state index is 11.6. The van der Waals surface area contributed by atoms with Gasteiger partial charge in [0.2, 0.25) is 5.13 Å². The van der Waals surface area contributed by atoms with Gasteiger partial charge in [-0.05, 0) is 20.8 Å². The van der Waals surface area contributed by atoms with Gasteiger partial charge >= 0.3 is 0 Å². The van der Waals surface area contributed by atoms with Crippen molar-refractivity contribution < 1.29 is 15.0 Å². The van der Waals surface area contributed by atoms with Crippen LogP contribution in [-0.4, -0.2) is 48.8 Å². The molecule has 0 aliphatic heterocycles. The SMILES string of the molecule is CC[NH+](CC)CC[NH2+]CC(=O)Nc1nnc(C)s1. The molecule has 18 heavy (non-hydrogen) atoms. The standard InChI is InChI=1S/C11H21N5OS/c1-4-16(5-2)7-6-12-8-10(17)13-11-15-14-9(3)18-11/h12H,4-8H2,1-3H3,(H,13,15,17)/p+2. The molecule has 4 N–H and O–H groups in total. The Kier molecular flexibility index (Phi) is 6.77. The Bertz CT molecular complexity index is 364. The van der Waals surface area contributed by atoms with Gasteiger partial charge in [-0.1, -0.05) is 11.3 Å². The lowest BCUT2D eigenvalue weighted by Gasteiger charge is -2.13. The summed E-state index contributed by atoms with van der Waals surface area (Å²) in [5.74, 6) is -0.0132. The van der Waals surface area contributed by atoms with Gasteiger partial charge in [0.1, 0.15) is 18.1 Å². The van der Waals surface area contributed by atoms with E-state index >= 15 is 0 Å². The predicted molar refractivity (Wildman–Crippen MR) is 71.8 cm³/mol. The number of rotatable bonds is 8. The molecule has 0 aliphatic carbocycles. The second-order valence-electron chi connectivity index (χ2n) is 4.16. The van der Waals surface area contributed by atoms with Crippen LogP contribution in [-0.2, 0) is 4.79 Å². The zero-order valence-electron chi connectivity index (χ0n) is 11.3. The normalized spacial score (nSPS) is 10.9. The van der Waals surface area contributed by atoms with E-state index < -0.39 is 0 Å². The van der Waals surface area contributed by atoms with Gasteiger partial charge < -0.3 is 10.2 Å². The van der Waals surface area contributed by atoms with Crippen LogP contribution in [0.3, 0.4) is 0 Å². The molecular formula is C11H23N5OS+2. The molecule has 7 heteroatoms. The highest BCUT2D eigenvalue weighted by Crippen LogP contribution is 2.12. The molecule has 0 unspecified atom stereocenters. The second kappa shape index (κ2) is 8.12. The number of quaternary nitrogens is 2. The van der Waals surface area contributed by atoms with Crippen molar-refractivity contribution >= 4 is 22.4 Å². The average Bonchev–Trinajstić information content (AvgIpc) is 2.75. The Morgan fingerprint density at radius 1 is 1.39 bits per heavy atom. The summed E-state index contributed by atoms with van der Waals surface area (Å²) in [5, 5.41) is 13.9. The van der Waals surface area contributed by atoms with Crippen molar-refractivity contribution in [1.82, 2.24) is 10.2 Å². The number of hydrogen-bond acceptors (Lipinski definition) is 4.